The number of ether oxygens (including phenoxy) is 1. The van der Waals surface area contributed by atoms with Crippen LogP contribution in [0, 0.1) is 13.8 Å². The Hall–Kier alpha value is -3.27. The smallest absolute Gasteiger partial charge is 0.255 e. The van der Waals surface area contributed by atoms with E-state index in [1.807, 2.05) is 80.6 Å². The first kappa shape index (κ1) is 17.5. The first-order valence-corrected chi connectivity index (χ1v) is 8.45. The minimum absolute atomic E-state index is 0.116. The van der Waals surface area contributed by atoms with E-state index < -0.39 is 0 Å². The quantitative estimate of drug-likeness (QED) is 0.658. The van der Waals surface area contributed by atoms with Gasteiger partial charge in [-0.15, -0.1) is 0 Å². The van der Waals surface area contributed by atoms with E-state index in [9.17, 15) is 4.79 Å². The predicted molar refractivity (Wildman–Crippen MR) is 107 cm³/mol. The van der Waals surface area contributed by atoms with Crippen molar-refractivity contribution in [3.05, 3.63) is 83.4 Å². The average Bonchev–Trinajstić information content (AvgIpc) is 2.66. The van der Waals surface area contributed by atoms with Gasteiger partial charge in [-0.3, -0.25) is 4.79 Å². The van der Waals surface area contributed by atoms with Crippen molar-refractivity contribution in [1.29, 1.82) is 0 Å². The third-order valence-electron chi connectivity index (χ3n) is 4.18. The predicted octanol–water partition coefficient (Wildman–Crippen LogP) is 5.31. The molecule has 0 bridgehead atoms. The summed E-state index contributed by atoms with van der Waals surface area (Å²) in [5, 5.41) is 6.35. The summed E-state index contributed by atoms with van der Waals surface area (Å²) in [6.45, 7) is 3.92. The number of anilines is 3. The van der Waals surface area contributed by atoms with Crippen LogP contribution in [0.5, 0.6) is 5.75 Å². The van der Waals surface area contributed by atoms with Crippen molar-refractivity contribution in [3.8, 4) is 5.75 Å². The lowest BCUT2D eigenvalue weighted by Gasteiger charge is -2.14. The van der Waals surface area contributed by atoms with E-state index in [0.717, 1.165) is 33.9 Å². The number of amides is 1. The summed E-state index contributed by atoms with van der Waals surface area (Å²) < 4.78 is 5.18. The van der Waals surface area contributed by atoms with Gasteiger partial charge in [0.2, 0.25) is 0 Å². The summed E-state index contributed by atoms with van der Waals surface area (Å²) in [6.07, 6.45) is 0. The van der Waals surface area contributed by atoms with E-state index in [2.05, 4.69) is 10.6 Å². The Morgan fingerprint density at radius 2 is 1.58 bits per heavy atom. The van der Waals surface area contributed by atoms with Gasteiger partial charge in [-0.25, -0.2) is 0 Å². The highest BCUT2D eigenvalue weighted by Crippen LogP contribution is 2.27. The lowest BCUT2D eigenvalue weighted by molar-refractivity contribution is 0.102. The second-order valence-electron chi connectivity index (χ2n) is 6.17. The molecule has 26 heavy (non-hydrogen) atoms. The summed E-state index contributed by atoms with van der Waals surface area (Å²) >= 11 is 0. The van der Waals surface area contributed by atoms with Crippen LogP contribution in [0.25, 0.3) is 0 Å². The number of rotatable bonds is 5. The average molecular weight is 346 g/mol. The number of carbonyl (C=O) groups is 1. The van der Waals surface area contributed by atoms with Gasteiger partial charge in [0.1, 0.15) is 5.75 Å². The molecule has 0 spiro atoms. The molecular formula is C22H22N2O2. The molecule has 0 aromatic heterocycles. The van der Waals surface area contributed by atoms with Crippen molar-refractivity contribution in [2.75, 3.05) is 17.7 Å². The van der Waals surface area contributed by atoms with Crippen LogP contribution in [-0.2, 0) is 0 Å². The van der Waals surface area contributed by atoms with Crippen molar-refractivity contribution in [3.63, 3.8) is 0 Å². The van der Waals surface area contributed by atoms with Crippen LogP contribution in [0.3, 0.4) is 0 Å². The molecule has 3 rings (SSSR count). The summed E-state index contributed by atoms with van der Waals surface area (Å²) in [5.74, 6) is 0.683. The number of hydrogen-bond donors (Lipinski definition) is 2. The van der Waals surface area contributed by atoms with Crippen LogP contribution in [0.15, 0.2) is 66.7 Å². The topological polar surface area (TPSA) is 50.4 Å². The van der Waals surface area contributed by atoms with Crippen molar-refractivity contribution < 1.29 is 9.53 Å². The number of aryl methyl sites for hydroxylation is 2. The summed E-state index contributed by atoms with van der Waals surface area (Å²) in [7, 11) is 1.64. The van der Waals surface area contributed by atoms with Crippen LogP contribution < -0.4 is 15.4 Å². The molecule has 0 aliphatic rings. The Morgan fingerprint density at radius 3 is 2.27 bits per heavy atom. The fourth-order valence-electron chi connectivity index (χ4n) is 2.70. The molecule has 0 aliphatic carbocycles. The van der Waals surface area contributed by atoms with Gasteiger partial charge in [-0.05, 0) is 61.9 Å². The Balaban J connectivity index is 1.82. The van der Waals surface area contributed by atoms with Gasteiger partial charge >= 0.3 is 0 Å². The maximum absolute atomic E-state index is 12.7. The SMILES string of the molecule is COc1ccc(Nc2ccccc2NC(=O)c2cc(C)ccc2C)cc1. The Kier molecular flexibility index (Phi) is 5.23. The van der Waals surface area contributed by atoms with E-state index in [0.29, 0.717) is 5.56 Å². The minimum atomic E-state index is -0.116. The molecule has 0 saturated heterocycles. The van der Waals surface area contributed by atoms with Crippen LogP contribution in [0.1, 0.15) is 21.5 Å². The Morgan fingerprint density at radius 1 is 0.885 bits per heavy atom. The highest BCUT2D eigenvalue weighted by molar-refractivity contribution is 6.07. The number of nitrogens with one attached hydrogen (secondary N) is 2. The molecular weight excluding hydrogens is 324 g/mol. The van der Waals surface area contributed by atoms with Crippen molar-refractivity contribution in [2.45, 2.75) is 13.8 Å². The molecule has 0 saturated carbocycles. The van der Waals surface area contributed by atoms with E-state index in [1.54, 1.807) is 7.11 Å². The summed E-state index contributed by atoms with van der Waals surface area (Å²) in [6, 6.07) is 21.2. The fraction of sp³-hybridized carbons (Fsp3) is 0.136. The molecule has 3 aromatic rings. The van der Waals surface area contributed by atoms with E-state index in [1.165, 1.54) is 0 Å². The zero-order chi connectivity index (χ0) is 18.5. The number of carbonyl (C=O) groups excluding carboxylic acids is 1. The zero-order valence-corrected chi connectivity index (χ0v) is 15.2. The molecule has 132 valence electrons. The number of benzene rings is 3. The molecule has 1 amide bonds. The van der Waals surface area contributed by atoms with Gasteiger partial charge in [0.15, 0.2) is 0 Å². The lowest BCUT2D eigenvalue weighted by atomic mass is 10.0. The lowest BCUT2D eigenvalue weighted by Crippen LogP contribution is -2.14. The molecule has 3 aromatic carbocycles. The van der Waals surface area contributed by atoms with Crippen molar-refractivity contribution >= 4 is 23.0 Å². The number of methoxy groups -OCH3 is 1. The standard InChI is InChI=1S/C22H22N2O2/c1-15-8-9-16(2)19(14-15)22(25)24-21-7-5-4-6-20(21)23-17-10-12-18(26-3)13-11-17/h4-14,23H,1-3H3,(H,24,25). The normalized spacial score (nSPS) is 10.3. The maximum atomic E-state index is 12.7. The van der Waals surface area contributed by atoms with Gasteiger partial charge in [0.25, 0.3) is 5.91 Å². The highest BCUT2D eigenvalue weighted by atomic mass is 16.5. The number of para-hydroxylation sites is 2. The second-order valence-corrected chi connectivity index (χ2v) is 6.17. The molecule has 4 nitrogen and oxygen atoms in total. The molecule has 0 heterocycles. The zero-order valence-electron chi connectivity index (χ0n) is 15.2. The molecule has 2 N–H and O–H groups in total. The molecule has 0 fully saturated rings. The summed E-state index contributed by atoms with van der Waals surface area (Å²) in [5.41, 5.74) is 5.17. The molecule has 0 radical (unpaired) electrons. The van der Waals surface area contributed by atoms with Gasteiger partial charge in [0.05, 0.1) is 18.5 Å². The van der Waals surface area contributed by atoms with Gasteiger partial charge < -0.3 is 15.4 Å². The van der Waals surface area contributed by atoms with E-state index >= 15 is 0 Å². The van der Waals surface area contributed by atoms with Crippen LogP contribution in [-0.4, -0.2) is 13.0 Å². The van der Waals surface area contributed by atoms with Crippen LogP contribution in [0.2, 0.25) is 0 Å². The molecule has 0 atom stereocenters. The van der Waals surface area contributed by atoms with Gasteiger partial charge in [0, 0.05) is 11.3 Å². The molecule has 0 unspecified atom stereocenters. The first-order valence-electron chi connectivity index (χ1n) is 8.45. The third kappa shape index (κ3) is 4.03. The van der Waals surface area contributed by atoms with Crippen LogP contribution in [0.4, 0.5) is 17.1 Å². The first-order chi connectivity index (χ1) is 12.6. The van der Waals surface area contributed by atoms with Gasteiger partial charge in [-0.1, -0.05) is 29.8 Å². The highest BCUT2D eigenvalue weighted by Gasteiger charge is 2.12. The Labute approximate surface area is 153 Å². The van der Waals surface area contributed by atoms with E-state index in [4.69, 9.17) is 4.74 Å². The van der Waals surface area contributed by atoms with Gasteiger partial charge in [-0.2, -0.15) is 0 Å². The second kappa shape index (κ2) is 7.74. The number of hydrogen-bond acceptors (Lipinski definition) is 3. The van der Waals surface area contributed by atoms with Crippen molar-refractivity contribution in [2.24, 2.45) is 0 Å². The molecule has 0 aliphatic heterocycles. The minimum Gasteiger partial charge on any atom is -0.497 e. The van der Waals surface area contributed by atoms with E-state index in [-0.39, 0.29) is 5.91 Å². The summed E-state index contributed by atoms with van der Waals surface area (Å²) in [4.78, 5) is 12.7. The molecule has 4 heteroatoms. The fourth-order valence-corrected chi connectivity index (χ4v) is 2.70. The van der Waals surface area contributed by atoms with Crippen LogP contribution >= 0.6 is 0 Å². The maximum Gasteiger partial charge on any atom is 0.255 e. The van der Waals surface area contributed by atoms with Crippen molar-refractivity contribution in [1.82, 2.24) is 0 Å². The largest absolute Gasteiger partial charge is 0.497 e. The monoisotopic (exact) mass is 346 g/mol. The third-order valence-corrected chi connectivity index (χ3v) is 4.18. The Bertz CT molecular complexity index is 918.